The maximum absolute atomic E-state index is 13.2. The first-order valence-corrected chi connectivity index (χ1v) is 9.98. The van der Waals surface area contributed by atoms with Crippen LogP contribution in [-0.2, 0) is 4.79 Å². The van der Waals surface area contributed by atoms with Crippen molar-refractivity contribution in [1.29, 1.82) is 0 Å². The molecule has 0 aromatic heterocycles. The third-order valence-corrected chi connectivity index (χ3v) is 6.17. The van der Waals surface area contributed by atoms with Crippen molar-refractivity contribution >= 4 is 11.9 Å². The van der Waals surface area contributed by atoms with Gasteiger partial charge in [0.15, 0.2) is 0 Å². The van der Waals surface area contributed by atoms with Gasteiger partial charge in [-0.2, -0.15) is 0 Å². The number of rotatable bonds is 7. The molecule has 1 saturated carbocycles. The minimum Gasteiger partial charge on any atom is -0.497 e. The van der Waals surface area contributed by atoms with Crippen LogP contribution in [0, 0.1) is 11.8 Å². The van der Waals surface area contributed by atoms with Gasteiger partial charge >= 0.3 is 6.03 Å². The predicted molar refractivity (Wildman–Crippen MR) is 106 cm³/mol. The lowest BCUT2D eigenvalue weighted by Gasteiger charge is -2.42. The van der Waals surface area contributed by atoms with Crippen LogP contribution in [0.25, 0.3) is 0 Å². The minimum atomic E-state index is -0.740. The molecule has 1 aliphatic heterocycles. The maximum Gasteiger partial charge on any atom is 0.326 e. The van der Waals surface area contributed by atoms with Crippen molar-refractivity contribution in [3.63, 3.8) is 0 Å². The first-order chi connectivity index (χ1) is 13.4. The molecule has 28 heavy (non-hydrogen) atoms. The first-order valence-electron chi connectivity index (χ1n) is 9.98. The molecule has 1 spiro atoms. The average molecular weight is 389 g/mol. The second-order valence-electron chi connectivity index (χ2n) is 8.01. The van der Waals surface area contributed by atoms with Gasteiger partial charge < -0.3 is 14.8 Å². The number of hydrogen-bond donors (Lipinski definition) is 1. The van der Waals surface area contributed by atoms with E-state index in [9.17, 15) is 9.59 Å². The number of nitrogens with zero attached hydrogens (tertiary/aromatic N) is 2. The Kier molecular flexibility index (Phi) is 6.13. The summed E-state index contributed by atoms with van der Waals surface area (Å²) in [5, 5.41) is 3.03. The van der Waals surface area contributed by atoms with Crippen LogP contribution < -0.4 is 14.8 Å². The lowest BCUT2D eigenvalue weighted by Crippen LogP contribution is -2.59. The average Bonchev–Trinajstić information content (AvgIpc) is 2.92. The van der Waals surface area contributed by atoms with E-state index in [2.05, 4.69) is 19.2 Å². The van der Waals surface area contributed by atoms with Crippen LogP contribution in [0.5, 0.6) is 11.5 Å². The van der Waals surface area contributed by atoms with Crippen molar-refractivity contribution in [2.24, 2.45) is 11.8 Å². The second-order valence-corrected chi connectivity index (χ2v) is 8.01. The molecule has 2 unspecified atom stereocenters. The van der Waals surface area contributed by atoms with Crippen LogP contribution in [0.15, 0.2) is 24.3 Å². The summed E-state index contributed by atoms with van der Waals surface area (Å²) in [5.74, 6) is 1.76. The van der Waals surface area contributed by atoms with Crippen molar-refractivity contribution in [1.82, 2.24) is 15.1 Å². The second kappa shape index (κ2) is 8.39. The fraction of sp³-hybridized carbons (Fsp3) is 0.619. The van der Waals surface area contributed by atoms with Crippen molar-refractivity contribution < 1.29 is 19.1 Å². The van der Waals surface area contributed by atoms with Crippen LogP contribution in [0.4, 0.5) is 4.79 Å². The highest BCUT2D eigenvalue weighted by atomic mass is 16.5. The standard InChI is InChI=1S/C21H31N3O4/c1-15-6-5-7-16(2)21(15)19(25)24(20(26)22-21)14-23(3)12-13-28-18-10-8-17(27-4)9-11-18/h8-11,15-16H,5-7,12-14H2,1-4H3,(H,22,26). The SMILES string of the molecule is COc1ccc(OCCN(C)CN2C(=O)NC3(C2=O)C(C)CCCC3C)cc1. The quantitative estimate of drug-likeness (QED) is 0.726. The highest BCUT2D eigenvalue weighted by Gasteiger charge is 2.58. The molecule has 1 aliphatic carbocycles. The summed E-state index contributed by atoms with van der Waals surface area (Å²) in [5.41, 5.74) is -0.740. The molecule has 2 atom stereocenters. The summed E-state index contributed by atoms with van der Waals surface area (Å²) in [7, 11) is 3.51. The van der Waals surface area contributed by atoms with Gasteiger partial charge in [-0.3, -0.25) is 9.69 Å². The van der Waals surface area contributed by atoms with E-state index in [1.165, 1.54) is 4.90 Å². The highest BCUT2D eigenvalue weighted by Crippen LogP contribution is 2.42. The van der Waals surface area contributed by atoms with Crippen LogP contribution >= 0.6 is 0 Å². The van der Waals surface area contributed by atoms with Gasteiger partial charge in [-0.05, 0) is 56.0 Å². The van der Waals surface area contributed by atoms with Gasteiger partial charge in [0.2, 0.25) is 0 Å². The molecule has 0 radical (unpaired) electrons. The number of likely N-dealkylation sites (N-methyl/N-ethyl adjacent to an activating group) is 1. The summed E-state index contributed by atoms with van der Waals surface area (Å²) < 4.78 is 10.9. The Labute approximate surface area is 167 Å². The van der Waals surface area contributed by atoms with Gasteiger partial charge in [-0.1, -0.05) is 20.3 Å². The molecule has 1 N–H and O–H groups in total. The normalized spacial score (nSPS) is 27.4. The van der Waals surface area contributed by atoms with Crippen LogP contribution in [0.3, 0.4) is 0 Å². The van der Waals surface area contributed by atoms with Gasteiger partial charge in [-0.25, -0.2) is 9.69 Å². The Morgan fingerprint density at radius 3 is 2.36 bits per heavy atom. The molecule has 3 amide bonds. The fourth-order valence-electron chi connectivity index (χ4n) is 4.38. The van der Waals surface area contributed by atoms with E-state index in [0.29, 0.717) is 13.2 Å². The van der Waals surface area contributed by atoms with Gasteiger partial charge in [-0.15, -0.1) is 0 Å². The first kappa shape index (κ1) is 20.5. The number of methoxy groups -OCH3 is 1. The molecule has 3 rings (SSSR count). The molecule has 7 nitrogen and oxygen atoms in total. The zero-order valence-electron chi connectivity index (χ0n) is 17.2. The van der Waals surface area contributed by atoms with Gasteiger partial charge in [0.05, 0.1) is 13.8 Å². The van der Waals surface area contributed by atoms with Crippen molar-refractivity contribution in [3.8, 4) is 11.5 Å². The van der Waals surface area contributed by atoms with Crippen molar-refractivity contribution in [2.45, 2.75) is 38.6 Å². The van der Waals surface area contributed by atoms with Gasteiger partial charge in [0, 0.05) is 6.54 Å². The Morgan fingerprint density at radius 1 is 1.14 bits per heavy atom. The lowest BCUT2D eigenvalue weighted by molar-refractivity contribution is -0.137. The maximum atomic E-state index is 13.2. The third kappa shape index (κ3) is 3.81. The van der Waals surface area contributed by atoms with E-state index < -0.39 is 5.54 Å². The number of imide groups is 1. The summed E-state index contributed by atoms with van der Waals surface area (Å²) in [6.45, 7) is 5.47. The summed E-state index contributed by atoms with van der Waals surface area (Å²) in [4.78, 5) is 29.0. The fourth-order valence-corrected chi connectivity index (χ4v) is 4.38. The van der Waals surface area contributed by atoms with E-state index in [1.807, 2.05) is 36.2 Å². The molecule has 1 heterocycles. The number of benzene rings is 1. The van der Waals surface area contributed by atoms with E-state index in [-0.39, 0.29) is 30.4 Å². The zero-order valence-corrected chi connectivity index (χ0v) is 17.2. The van der Waals surface area contributed by atoms with Gasteiger partial charge in [0.1, 0.15) is 23.6 Å². The number of urea groups is 1. The van der Waals surface area contributed by atoms with E-state index in [4.69, 9.17) is 9.47 Å². The lowest BCUT2D eigenvalue weighted by atomic mass is 9.67. The Hall–Kier alpha value is -2.28. The van der Waals surface area contributed by atoms with Crippen LogP contribution in [0.2, 0.25) is 0 Å². The summed E-state index contributed by atoms with van der Waals surface area (Å²) in [6.07, 6.45) is 3.04. The molecule has 0 bridgehead atoms. The third-order valence-electron chi connectivity index (χ3n) is 6.17. The molecular weight excluding hydrogens is 358 g/mol. The topological polar surface area (TPSA) is 71.1 Å². The minimum absolute atomic E-state index is 0.0832. The smallest absolute Gasteiger partial charge is 0.326 e. The summed E-state index contributed by atoms with van der Waals surface area (Å²) >= 11 is 0. The van der Waals surface area contributed by atoms with Crippen molar-refractivity contribution in [3.05, 3.63) is 24.3 Å². The van der Waals surface area contributed by atoms with Crippen molar-refractivity contribution in [2.75, 3.05) is 34.0 Å². The zero-order chi connectivity index (χ0) is 20.3. The van der Waals surface area contributed by atoms with Crippen LogP contribution in [-0.4, -0.2) is 61.3 Å². The molecule has 1 saturated heterocycles. The molecule has 154 valence electrons. The Morgan fingerprint density at radius 2 is 1.75 bits per heavy atom. The van der Waals surface area contributed by atoms with Gasteiger partial charge in [0.25, 0.3) is 5.91 Å². The summed E-state index contributed by atoms with van der Waals surface area (Å²) in [6, 6.07) is 7.11. The number of nitrogens with one attached hydrogen (secondary N) is 1. The largest absolute Gasteiger partial charge is 0.497 e. The number of carbonyl (C=O) groups excluding carboxylic acids is 2. The molecule has 2 fully saturated rings. The predicted octanol–water partition coefficient (Wildman–Crippen LogP) is 2.71. The molecule has 2 aliphatic rings. The van der Waals surface area contributed by atoms with Crippen LogP contribution in [0.1, 0.15) is 33.1 Å². The molecule has 1 aromatic carbocycles. The molecule has 7 heteroatoms. The number of hydrogen-bond acceptors (Lipinski definition) is 5. The van der Waals surface area contributed by atoms with E-state index in [1.54, 1.807) is 7.11 Å². The van der Waals surface area contributed by atoms with E-state index in [0.717, 1.165) is 30.8 Å². The Balaban J connectivity index is 1.54. The Bertz CT molecular complexity index is 696. The monoisotopic (exact) mass is 389 g/mol. The number of amides is 3. The van der Waals surface area contributed by atoms with E-state index >= 15 is 0 Å². The molecular formula is C21H31N3O4. The number of ether oxygens (including phenoxy) is 2. The highest BCUT2D eigenvalue weighted by molar-refractivity contribution is 6.07. The number of carbonyl (C=O) groups is 2. The molecule has 1 aromatic rings.